The molecule has 4 aromatic rings. The molecular weight excluding hydrogens is 500 g/mol. The third-order valence-corrected chi connectivity index (χ3v) is 8.18. The lowest BCUT2D eigenvalue weighted by atomic mass is 9.84. The molecule has 1 amide bonds. The number of hydrogen-bond acceptors (Lipinski definition) is 6. The molecule has 0 radical (unpaired) electrons. The Morgan fingerprint density at radius 2 is 1.69 bits per heavy atom. The molecule has 8 nitrogen and oxygen atoms in total. The molecule has 0 spiro atoms. The summed E-state index contributed by atoms with van der Waals surface area (Å²) in [4.78, 5) is 14.7. The van der Waals surface area contributed by atoms with Gasteiger partial charge in [-0.05, 0) is 55.3 Å². The van der Waals surface area contributed by atoms with E-state index in [2.05, 4.69) is 14.9 Å². The van der Waals surface area contributed by atoms with E-state index in [0.29, 0.717) is 53.2 Å². The van der Waals surface area contributed by atoms with Crippen molar-refractivity contribution in [1.29, 1.82) is 0 Å². The van der Waals surface area contributed by atoms with Gasteiger partial charge in [-0.2, -0.15) is 5.10 Å². The second-order valence-electron chi connectivity index (χ2n) is 8.71. The Bertz CT molecular complexity index is 1530. The van der Waals surface area contributed by atoms with Crippen molar-refractivity contribution < 1.29 is 18.3 Å². The van der Waals surface area contributed by atoms with E-state index in [4.69, 9.17) is 11.6 Å². The zero-order valence-electron chi connectivity index (χ0n) is 19.1. The smallest absolute Gasteiger partial charge is 0.264 e. The maximum Gasteiger partial charge on any atom is 0.264 e. The zero-order valence-corrected chi connectivity index (χ0v) is 20.7. The molecule has 10 heteroatoms. The van der Waals surface area contributed by atoms with Crippen molar-refractivity contribution in [2.45, 2.75) is 23.3 Å². The fourth-order valence-electron chi connectivity index (χ4n) is 4.46. The van der Waals surface area contributed by atoms with Crippen LogP contribution in [-0.2, 0) is 15.6 Å². The van der Waals surface area contributed by atoms with Crippen LogP contribution >= 0.6 is 11.6 Å². The van der Waals surface area contributed by atoms with Crippen LogP contribution in [0.2, 0.25) is 5.02 Å². The van der Waals surface area contributed by atoms with Crippen LogP contribution in [0.25, 0.3) is 10.9 Å². The molecular formula is C26H23ClN4O4S. The summed E-state index contributed by atoms with van der Waals surface area (Å²) in [6.07, 6.45) is 2.24. The predicted molar refractivity (Wildman–Crippen MR) is 137 cm³/mol. The van der Waals surface area contributed by atoms with Crippen LogP contribution in [0.5, 0.6) is 0 Å². The number of nitrogens with one attached hydrogen (secondary N) is 1. The number of aromatic nitrogens is 2. The van der Waals surface area contributed by atoms with Gasteiger partial charge in [0.05, 0.1) is 11.8 Å². The second kappa shape index (κ2) is 9.50. The summed E-state index contributed by atoms with van der Waals surface area (Å²) < 4.78 is 28.5. The van der Waals surface area contributed by atoms with Crippen LogP contribution in [-0.4, -0.2) is 47.6 Å². The number of anilines is 1. The molecule has 0 saturated carbocycles. The van der Waals surface area contributed by atoms with Crippen molar-refractivity contribution in [3.8, 4) is 0 Å². The van der Waals surface area contributed by atoms with E-state index in [0.717, 1.165) is 0 Å². The number of halogens is 1. The Balaban J connectivity index is 1.27. The summed E-state index contributed by atoms with van der Waals surface area (Å²) in [7, 11) is -3.92. The van der Waals surface area contributed by atoms with Gasteiger partial charge in [-0.3, -0.25) is 9.52 Å². The molecule has 0 bridgehead atoms. The summed E-state index contributed by atoms with van der Waals surface area (Å²) in [5, 5.41) is 20.0. The van der Waals surface area contributed by atoms with E-state index in [1.807, 2.05) is 18.2 Å². The standard InChI is InChI=1S/C26H23ClN4O4S/c27-22-6-2-1-5-21(22)26(33)13-16-31(17-14-26)25(32)19-8-10-20(11-9-19)30-36(34,35)23-7-3-4-18-12-15-28-29-24(18)23/h1-12,15,30,33H,13-14,16-17H2. The van der Waals surface area contributed by atoms with Crippen molar-refractivity contribution in [3.05, 3.63) is 95.1 Å². The van der Waals surface area contributed by atoms with Gasteiger partial charge in [0.15, 0.2) is 0 Å². The molecule has 0 unspecified atom stereocenters. The quantitative estimate of drug-likeness (QED) is 0.406. The highest BCUT2D eigenvalue weighted by atomic mass is 35.5. The lowest BCUT2D eigenvalue weighted by molar-refractivity contribution is -0.0210. The Morgan fingerprint density at radius 3 is 2.42 bits per heavy atom. The zero-order chi connectivity index (χ0) is 25.3. The van der Waals surface area contributed by atoms with Gasteiger partial charge in [-0.15, -0.1) is 5.10 Å². The Labute approximate surface area is 213 Å². The van der Waals surface area contributed by atoms with Gasteiger partial charge in [0.25, 0.3) is 15.9 Å². The third kappa shape index (κ3) is 4.65. The van der Waals surface area contributed by atoms with Gasteiger partial charge in [-0.25, -0.2) is 8.42 Å². The van der Waals surface area contributed by atoms with Gasteiger partial charge in [0, 0.05) is 40.3 Å². The summed E-state index contributed by atoms with van der Waals surface area (Å²) >= 11 is 6.27. The van der Waals surface area contributed by atoms with E-state index < -0.39 is 15.6 Å². The van der Waals surface area contributed by atoms with Crippen molar-refractivity contribution in [2.75, 3.05) is 17.8 Å². The van der Waals surface area contributed by atoms with E-state index in [-0.39, 0.29) is 16.3 Å². The first-order valence-corrected chi connectivity index (χ1v) is 13.2. The number of carbonyl (C=O) groups excluding carboxylic acids is 1. The minimum Gasteiger partial charge on any atom is -0.385 e. The Hall–Kier alpha value is -3.53. The lowest BCUT2D eigenvalue weighted by Gasteiger charge is -2.39. The van der Waals surface area contributed by atoms with Crippen LogP contribution in [0, 0.1) is 0 Å². The number of rotatable bonds is 5. The van der Waals surface area contributed by atoms with E-state index in [1.165, 1.54) is 12.3 Å². The van der Waals surface area contributed by atoms with Gasteiger partial charge < -0.3 is 10.0 Å². The molecule has 184 valence electrons. The number of likely N-dealkylation sites (tertiary alicyclic amines) is 1. The third-order valence-electron chi connectivity index (χ3n) is 6.44. The molecule has 2 N–H and O–H groups in total. The Kier molecular flexibility index (Phi) is 6.38. The van der Waals surface area contributed by atoms with Crippen molar-refractivity contribution in [3.63, 3.8) is 0 Å². The highest BCUT2D eigenvalue weighted by Gasteiger charge is 2.37. The number of aliphatic hydroxyl groups is 1. The van der Waals surface area contributed by atoms with Gasteiger partial charge in [0.1, 0.15) is 10.4 Å². The van der Waals surface area contributed by atoms with Crippen molar-refractivity contribution >= 4 is 44.1 Å². The second-order valence-corrected chi connectivity index (χ2v) is 10.8. The lowest BCUT2D eigenvalue weighted by Crippen LogP contribution is -2.45. The summed E-state index contributed by atoms with van der Waals surface area (Å²) in [6, 6.07) is 20.0. The number of nitrogens with zero attached hydrogens (tertiary/aromatic N) is 3. The molecule has 0 atom stereocenters. The maximum absolute atomic E-state index is 13.0. The average Bonchev–Trinajstić information content (AvgIpc) is 2.89. The summed E-state index contributed by atoms with van der Waals surface area (Å²) in [5.41, 5.74) is 0.619. The molecule has 36 heavy (non-hydrogen) atoms. The number of piperidine rings is 1. The molecule has 1 aromatic heterocycles. The van der Waals surface area contributed by atoms with Gasteiger partial charge >= 0.3 is 0 Å². The van der Waals surface area contributed by atoms with Crippen LogP contribution in [0.15, 0.2) is 83.9 Å². The molecule has 2 heterocycles. The van der Waals surface area contributed by atoms with Crippen molar-refractivity contribution in [1.82, 2.24) is 15.1 Å². The molecule has 1 saturated heterocycles. The Morgan fingerprint density at radius 1 is 0.972 bits per heavy atom. The number of fused-ring (bicyclic) bond motifs is 1. The fraction of sp³-hybridized carbons (Fsp3) is 0.192. The molecule has 1 aliphatic heterocycles. The highest BCUT2D eigenvalue weighted by Crippen LogP contribution is 2.37. The van der Waals surface area contributed by atoms with E-state index >= 15 is 0 Å². The predicted octanol–water partition coefficient (Wildman–Crippen LogP) is 4.21. The normalized spacial score (nSPS) is 15.6. The monoisotopic (exact) mass is 522 g/mol. The number of benzene rings is 3. The molecule has 0 aliphatic carbocycles. The van der Waals surface area contributed by atoms with Crippen LogP contribution in [0.4, 0.5) is 5.69 Å². The fourth-order valence-corrected chi connectivity index (χ4v) is 6.00. The molecule has 3 aromatic carbocycles. The largest absolute Gasteiger partial charge is 0.385 e. The first-order valence-electron chi connectivity index (χ1n) is 11.4. The van der Waals surface area contributed by atoms with Gasteiger partial charge in [0.2, 0.25) is 0 Å². The molecule has 5 rings (SSSR count). The van der Waals surface area contributed by atoms with Crippen LogP contribution in [0.1, 0.15) is 28.8 Å². The van der Waals surface area contributed by atoms with Crippen LogP contribution < -0.4 is 4.72 Å². The van der Waals surface area contributed by atoms with Crippen molar-refractivity contribution in [2.24, 2.45) is 0 Å². The number of amides is 1. The highest BCUT2D eigenvalue weighted by molar-refractivity contribution is 7.93. The van der Waals surface area contributed by atoms with E-state index in [9.17, 15) is 18.3 Å². The number of carbonyl (C=O) groups is 1. The summed E-state index contributed by atoms with van der Waals surface area (Å²) in [5.74, 6) is -0.185. The topological polar surface area (TPSA) is 112 Å². The van der Waals surface area contributed by atoms with Gasteiger partial charge in [-0.1, -0.05) is 41.9 Å². The first-order chi connectivity index (χ1) is 17.3. The summed E-state index contributed by atoms with van der Waals surface area (Å²) in [6.45, 7) is 0.744. The number of hydrogen-bond donors (Lipinski definition) is 2. The SMILES string of the molecule is O=C(c1ccc(NS(=O)(=O)c2cccc3ccnnc23)cc1)N1CCC(O)(c2ccccc2Cl)CC1. The van der Waals surface area contributed by atoms with Crippen LogP contribution in [0.3, 0.4) is 0 Å². The molecule has 1 fully saturated rings. The number of sulfonamides is 1. The minimum atomic E-state index is -3.92. The van der Waals surface area contributed by atoms with E-state index in [1.54, 1.807) is 53.4 Å². The first kappa shape index (κ1) is 24.2. The molecule has 1 aliphatic rings. The average molecular weight is 523 g/mol. The minimum absolute atomic E-state index is 0.0209. The maximum atomic E-state index is 13.0.